The molecule has 6 heteroatoms. The van der Waals surface area contributed by atoms with Gasteiger partial charge in [-0.2, -0.15) is 0 Å². The lowest BCUT2D eigenvalue weighted by Crippen LogP contribution is -2.31. The van der Waals surface area contributed by atoms with Crippen LogP contribution in [0.1, 0.15) is 37.0 Å². The molecule has 0 bridgehead atoms. The van der Waals surface area contributed by atoms with E-state index >= 15 is 0 Å². The number of hydrogen-bond acceptors (Lipinski definition) is 4. The summed E-state index contributed by atoms with van der Waals surface area (Å²) in [5, 5.41) is 8.97. The number of amides is 2. The first-order valence-electron chi connectivity index (χ1n) is 9.26. The lowest BCUT2D eigenvalue weighted by atomic mass is 10.1. The van der Waals surface area contributed by atoms with E-state index in [1.807, 2.05) is 43.3 Å². The van der Waals surface area contributed by atoms with Crippen LogP contribution in [-0.2, 0) is 4.79 Å². The molecule has 1 saturated carbocycles. The van der Waals surface area contributed by atoms with Crippen LogP contribution in [0.4, 0.5) is 11.4 Å². The minimum Gasteiger partial charge on any atom is -0.494 e. The van der Waals surface area contributed by atoms with Crippen LogP contribution in [0, 0.1) is 0 Å². The maximum atomic E-state index is 12.4. The minimum atomic E-state index is -0.428. The van der Waals surface area contributed by atoms with E-state index in [0.717, 1.165) is 24.3 Å². The van der Waals surface area contributed by atoms with Crippen LogP contribution < -0.4 is 20.7 Å². The van der Waals surface area contributed by atoms with Crippen molar-refractivity contribution in [3.63, 3.8) is 0 Å². The number of carbonyl (C=O) groups excluding carboxylic acids is 2. The first-order valence-corrected chi connectivity index (χ1v) is 9.26. The molecule has 1 fully saturated rings. The number of ether oxygens (including phenoxy) is 1. The van der Waals surface area contributed by atoms with Gasteiger partial charge >= 0.3 is 0 Å². The topological polar surface area (TPSA) is 79.5 Å². The Kier molecular flexibility index (Phi) is 5.96. The van der Waals surface area contributed by atoms with Gasteiger partial charge in [0.05, 0.1) is 6.61 Å². The van der Waals surface area contributed by atoms with Crippen LogP contribution >= 0.6 is 0 Å². The van der Waals surface area contributed by atoms with Gasteiger partial charge in [0.15, 0.2) is 0 Å². The number of hydrogen-bond donors (Lipinski definition) is 3. The molecule has 0 heterocycles. The monoisotopic (exact) mass is 367 g/mol. The molecule has 3 rings (SSSR count). The predicted octanol–water partition coefficient (Wildman–Crippen LogP) is 3.42. The van der Waals surface area contributed by atoms with E-state index in [1.54, 1.807) is 19.1 Å². The Morgan fingerprint density at radius 3 is 2.26 bits per heavy atom. The lowest BCUT2D eigenvalue weighted by Gasteiger charge is -2.16. The second-order valence-electron chi connectivity index (χ2n) is 6.64. The molecule has 0 radical (unpaired) electrons. The molecular weight excluding hydrogens is 342 g/mol. The average Bonchev–Trinajstić information content (AvgIpc) is 3.48. The molecule has 0 saturated heterocycles. The van der Waals surface area contributed by atoms with Crippen LogP contribution in [0.5, 0.6) is 5.75 Å². The smallest absolute Gasteiger partial charge is 0.251 e. The SMILES string of the molecule is CCOc1ccc(NC(=O)C(C)Nc2ccc(C(=O)NC3CC3)cc2)cc1. The number of nitrogens with one attached hydrogen (secondary N) is 3. The highest BCUT2D eigenvalue weighted by Crippen LogP contribution is 2.20. The molecule has 1 aliphatic rings. The van der Waals surface area contributed by atoms with Crippen molar-refractivity contribution in [2.45, 2.75) is 38.8 Å². The van der Waals surface area contributed by atoms with E-state index in [2.05, 4.69) is 16.0 Å². The third kappa shape index (κ3) is 5.48. The maximum absolute atomic E-state index is 12.4. The quantitative estimate of drug-likeness (QED) is 0.668. The number of rotatable bonds is 8. The van der Waals surface area contributed by atoms with E-state index in [4.69, 9.17) is 4.74 Å². The highest BCUT2D eigenvalue weighted by Gasteiger charge is 2.23. The highest BCUT2D eigenvalue weighted by atomic mass is 16.5. The van der Waals surface area contributed by atoms with Crippen molar-refractivity contribution in [1.29, 1.82) is 0 Å². The van der Waals surface area contributed by atoms with E-state index in [-0.39, 0.29) is 11.8 Å². The number of benzene rings is 2. The molecule has 142 valence electrons. The van der Waals surface area contributed by atoms with Crippen LogP contribution in [0.15, 0.2) is 48.5 Å². The Morgan fingerprint density at radius 1 is 1.04 bits per heavy atom. The fraction of sp³-hybridized carbons (Fsp3) is 0.333. The molecule has 0 spiro atoms. The number of anilines is 2. The second-order valence-corrected chi connectivity index (χ2v) is 6.64. The van der Waals surface area contributed by atoms with E-state index in [0.29, 0.717) is 23.9 Å². The zero-order valence-electron chi connectivity index (χ0n) is 15.6. The molecule has 1 aliphatic carbocycles. The summed E-state index contributed by atoms with van der Waals surface area (Å²) in [6.45, 7) is 4.32. The summed E-state index contributed by atoms with van der Waals surface area (Å²) in [6.07, 6.45) is 2.12. The molecule has 2 aromatic carbocycles. The van der Waals surface area contributed by atoms with Gasteiger partial charge in [-0.15, -0.1) is 0 Å². The minimum absolute atomic E-state index is 0.0506. The van der Waals surface area contributed by atoms with Gasteiger partial charge in [0.1, 0.15) is 11.8 Å². The zero-order valence-corrected chi connectivity index (χ0v) is 15.6. The van der Waals surface area contributed by atoms with Crippen LogP contribution in [0.2, 0.25) is 0 Å². The summed E-state index contributed by atoms with van der Waals surface area (Å²) >= 11 is 0. The number of carbonyl (C=O) groups is 2. The second kappa shape index (κ2) is 8.58. The molecule has 27 heavy (non-hydrogen) atoms. The van der Waals surface area contributed by atoms with E-state index < -0.39 is 6.04 Å². The van der Waals surface area contributed by atoms with Gasteiger partial charge < -0.3 is 20.7 Å². The summed E-state index contributed by atoms with van der Waals surface area (Å²) in [6, 6.07) is 14.3. The Hall–Kier alpha value is -3.02. The largest absolute Gasteiger partial charge is 0.494 e. The molecule has 1 atom stereocenters. The van der Waals surface area contributed by atoms with Crippen LogP contribution in [0.25, 0.3) is 0 Å². The van der Waals surface area contributed by atoms with Crippen molar-refractivity contribution in [2.75, 3.05) is 17.2 Å². The van der Waals surface area contributed by atoms with Gasteiger partial charge in [-0.3, -0.25) is 9.59 Å². The summed E-state index contributed by atoms with van der Waals surface area (Å²) in [5.74, 6) is 0.576. The van der Waals surface area contributed by atoms with Crippen molar-refractivity contribution in [3.05, 3.63) is 54.1 Å². The summed E-state index contributed by atoms with van der Waals surface area (Å²) < 4.78 is 5.39. The van der Waals surface area contributed by atoms with Gasteiger partial charge in [0.25, 0.3) is 5.91 Å². The first kappa shape index (κ1) is 18.8. The summed E-state index contributed by atoms with van der Waals surface area (Å²) in [7, 11) is 0. The van der Waals surface area contributed by atoms with Crippen molar-refractivity contribution >= 4 is 23.2 Å². The van der Waals surface area contributed by atoms with Gasteiger partial charge in [-0.25, -0.2) is 0 Å². The van der Waals surface area contributed by atoms with Crippen molar-refractivity contribution < 1.29 is 14.3 Å². The molecule has 0 aliphatic heterocycles. The molecule has 3 N–H and O–H groups in total. The van der Waals surface area contributed by atoms with E-state index in [9.17, 15) is 9.59 Å². The fourth-order valence-corrected chi connectivity index (χ4v) is 2.58. The van der Waals surface area contributed by atoms with Crippen molar-refractivity contribution in [3.8, 4) is 5.75 Å². The van der Waals surface area contributed by atoms with Gasteiger partial charge in [-0.1, -0.05) is 0 Å². The molecule has 1 unspecified atom stereocenters. The summed E-state index contributed by atoms with van der Waals surface area (Å²) in [5.41, 5.74) is 2.12. The Bertz CT molecular complexity index is 783. The van der Waals surface area contributed by atoms with Crippen LogP contribution in [-0.4, -0.2) is 30.5 Å². The van der Waals surface area contributed by atoms with Gasteiger partial charge in [-0.05, 0) is 75.2 Å². The predicted molar refractivity (Wildman–Crippen MR) is 106 cm³/mol. The van der Waals surface area contributed by atoms with Crippen molar-refractivity contribution in [2.24, 2.45) is 0 Å². The zero-order chi connectivity index (χ0) is 19.2. The third-order valence-corrected chi connectivity index (χ3v) is 4.27. The Labute approximate surface area is 159 Å². The van der Waals surface area contributed by atoms with E-state index in [1.165, 1.54) is 0 Å². The van der Waals surface area contributed by atoms with Crippen LogP contribution in [0.3, 0.4) is 0 Å². The Morgan fingerprint density at radius 2 is 1.67 bits per heavy atom. The Balaban J connectivity index is 1.51. The summed E-state index contributed by atoms with van der Waals surface area (Å²) in [4.78, 5) is 24.4. The van der Waals surface area contributed by atoms with Gasteiger partial charge in [0, 0.05) is 23.0 Å². The fourth-order valence-electron chi connectivity index (χ4n) is 2.58. The average molecular weight is 367 g/mol. The van der Waals surface area contributed by atoms with Crippen molar-refractivity contribution in [1.82, 2.24) is 5.32 Å². The molecule has 2 amide bonds. The highest BCUT2D eigenvalue weighted by molar-refractivity contribution is 5.97. The lowest BCUT2D eigenvalue weighted by molar-refractivity contribution is -0.116. The first-order chi connectivity index (χ1) is 13.0. The standard InChI is InChI=1S/C21H25N3O3/c1-3-27-19-12-10-18(11-13-19)23-20(25)14(2)22-16-6-4-15(5-7-16)21(26)24-17-8-9-17/h4-7,10-14,17,22H,3,8-9H2,1-2H3,(H,23,25)(H,24,26). The molecule has 2 aromatic rings. The maximum Gasteiger partial charge on any atom is 0.251 e. The van der Waals surface area contributed by atoms with Gasteiger partial charge in [0.2, 0.25) is 5.91 Å². The third-order valence-electron chi connectivity index (χ3n) is 4.27. The molecular formula is C21H25N3O3. The molecule has 6 nitrogen and oxygen atoms in total. The normalized spacial score (nSPS) is 14.1. The molecule has 0 aromatic heterocycles.